The van der Waals surface area contributed by atoms with E-state index in [1.165, 1.54) is 6.92 Å². The molecule has 0 aromatic rings. The minimum absolute atomic E-state index is 0.280. The van der Waals surface area contributed by atoms with Crippen LogP contribution in [0.4, 0.5) is 0 Å². The Morgan fingerprint density at radius 3 is 2.60 bits per heavy atom. The molecule has 1 N–H and O–H groups in total. The van der Waals surface area contributed by atoms with Gasteiger partial charge in [0.2, 0.25) is 0 Å². The van der Waals surface area contributed by atoms with Crippen molar-refractivity contribution in [3.8, 4) is 0 Å². The molecule has 3 nitrogen and oxygen atoms in total. The standard InChI is InChI=1S/C12H17NO2/c1-5-10(2)6-7-11(3)13-8-9-15-12(4)14/h5-7,13H,1-3,8-9H2,4H3/b7-6+. The molecule has 0 heterocycles. The van der Waals surface area contributed by atoms with Crippen LogP contribution in [0.25, 0.3) is 0 Å². The van der Waals surface area contributed by atoms with Gasteiger partial charge < -0.3 is 10.1 Å². The van der Waals surface area contributed by atoms with Crippen LogP contribution >= 0.6 is 0 Å². The third kappa shape index (κ3) is 8.56. The molecule has 0 saturated heterocycles. The summed E-state index contributed by atoms with van der Waals surface area (Å²) >= 11 is 0. The quantitative estimate of drug-likeness (QED) is 0.394. The summed E-state index contributed by atoms with van der Waals surface area (Å²) in [6.45, 7) is 13.3. The maximum Gasteiger partial charge on any atom is 0.302 e. The van der Waals surface area contributed by atoms with E-state index in [1.807, 2.05) is 0 Å². The van der Waals surface area contributed by atoms with Gasteiger partial charge >= 0.3 is 5.97 Å². The Balaban J connectivity index is 3.66. The van der Waals surface area contributed by atoms with Crippen LogP contribution in [0.3, 0.4) is 0 Å². The van der Waals surface area contributed by atoms with Gasteiger partial charge in [0.1, 0.15) is 6.61 Å². The van der Waals surface area contributed by atoms with Crippen molar-refractivity contribution in [1.29, 1.82) is 0 Å². The molecule has 0 aliphatic rings. The van der Waals surface area contributed by atoms with Crippen molar-refractivity contribution in [1.82, 2.24) is 5.32 Å². The number of carbonyl (C=O) groups is 1. The highest BCUT2D eigenvalue weighted by Crippen LogP contribution is 1.96. The number of ether oxygens (including phenoxy) is 1. The van der Waals surface area contributed by atoms with Crippen LogP contribution in [0.5, 0.6) is 0 Å². The lowest BCUT2D eigenvalue weighted by Crippen LogP contribution is -2.18. The largest absolute Gasteiger partial charge is 0.464 e. The molecule has 82 valence electrons. The van der Waals surface area contributed by atoms with Crippen LogP contribution in [0.1, 0.15) is 6.92 Å². The van der Waals surface area contributed by atoms with Gasteiger partial charge in [-0.15, -0.1) is 0 Å². The Morgan fingerprint density at radius 2 is 2.07 bits per heavy atom. The van der Waals surface area contributed by atoms with Crippen molar-refractivity contribution in [2.45, 2.75) is 6.92 Å². The van der Waals surface area contributed by atoms with Crippen molar-refractivity contribution >= 4 is 5.97 Å². The van der Waals surface area contributed by atoms with E-state index in [0.29, 0.717) is 13.2 Å². The second-order valence-electron chi connectivity index (χ2n) is 2.90. The van der Waals surface area contributed by atoms with Gasteiger partial charge in [0.05, 0.1) is 0 Å². The molecule has 0 aromatic carbocycles. The van der Waals surface area contributed by atoms with E-state index >= 15 is 0 Å². The van der Waals surface area contributed by atoms with Crippen molar-refractivity contribution < 1.29 is 9.53 Å². The second-order valence-corrected chi connectivity index (χ2v) is 2.90. The fraction of sp³-hybridized carbons (Fsp3) is 0.250. The Hall–Kier alpha value is -1.77. The zero-order valence-electron chi connectivity index (χ0n) is 9.08. The van der Waals surface area contributed by atoms with E-state index in [4.69, 9.17) is 4.74 Å². The predicted molar refractivity (Wildman–Crippen MR) is 62.3 cm³/mol. The average molecular weight is 207 g/mol. The summed E-state index contributed by atoms with van der Waals surface area (Å²) in [6.07, 6.45) is 5.24. The van der Waals surface area contributed by atoms with E-state index in [1.54, 1.807) is 18.2 Å². The van der Waals surface area contributed by atoms with E-state index in [-0.39, 0.29) is 5.97 Å². The number of rotatable bonds is 7. The highest BCUT2D eigenvalue weighted by Gasteiger charge is 1.92. The van der Waals surface area contributed by atoms with Gasteiger partial charge in [0.25, 0.3) is 0 Å². The molecule has 0 aromatic heterocycles. The minimum Gasteiger partial charge on any atom is -0.464 e. The first-order chi connectivity index (χ1) is 7.06. The molecule has 0 bridgehead atoms. The molecular formula is C12H17NO2. The third-order valence-corrected chi connectivity index (χ3v) is 1.52. The molecule has 15 heavy (non-hydrogen) atoms. The highest BCUT2D eigenvalue weighted by molar-refractivity contribution is 5.65. The van der Waals surface area contributed by atoms with E-state index in [2.05, 4.69) is 25.1 Å². The van der Waals surface area contributed by atoms with E-state index in [9.17, 15) is 4.79 Å². The zero-order valence-corrected chi connectivity index (χ0v) is 9.08. The van der Waals surface area contributed by atoms with Gasteiger partial charge in [-0.2, -0.15) is 0 Å². The number of allylic oxidation sites excluding steroid dienone is 4. The van der Waals surface area contributed by atoms with Crippen LogP contribution in [-0.4, -0.2) is 19.1 Å². The molecule has 0 rings (SSSR count). The second kappa shape index (κ2) is 7.62. The lowest BCUT2D eigenvalue weighted by Gasteiger charge is -2.05. The minimum atomic E-state index is -0.280. The summed E-state index contributed by atoms with van der Waals surface area (Å²) in [5, 5.41) is 2.98. The first-order valence-corrected chi connectivity index (χ1v) is 4.62. The molecule has 3 heteroatoms. The third-order valence-electron chi connectivity index (χ3n) is 1.52. The first kappa shape index (κ1) is 13.2. The van der Waals surface area contributed by atoms with Crippen LogP contribution < -0.4 is 5.32 Å². The summed E-state index contributed by atoms with van der Waals surface area (Å²) in [7, 11) is 0. The number of carbonyl (C=O) groups excluding carboxylic acids is 1. The molecule has 0 radical (unpaired) electrons. The lowest BCUT2D eigenvalue weighted by atomic mass is 10.2. The predicted octanol–water partition coefficient (Wildman–Crippen LogP) is 1.95. The summed E-state index contributed by atoms with van der Waals surface area (Å²) in [5.74, 6) is -0.280. The first-order valence-electron chi connectivity index (χ1n) is 4.62. The summed E-state index contributed by atoms with van der Waals surface area (Å²) in [4.78, 5) is 10.4. The number of hydrogen-bond acceptors (Lipinski definition) is 3. The summed E-state index contributed by atoms with van der Waals surface area (Å²) in [5.41, 5.74) is 1.56. The SMILES string of the molecule is C=CC(=C)/C=C/C(=C)NCCOC(C)=O. The molecule has 0 fully saturated rings. The average Bonchev–Trinajstić information content (AvgIpc) is 2.20. The van der Waals surface area contributed by atoms with Crippen LogP contribution in [0, 0.1) is 0 Å². The number of esters is 1. The topological polar surface area (TPSA) is 38.3 Å². The Bertz CT molecular complexity index is 290. The van der Waals surface area contributed by atoms with Gasteiger partial charge in [-0.3, -0.25) is 4.79 Å². The van der Waals surface area contributed by atoms with Crippen molar-refractivity contribution in [3.63, 3.8) is 0 Å². The Morgan fingerprint density at radius 1 is 1.40 bits per heavy atom. The number of nitrogens with one attached hydrogen (secondary N) is 1. The normalized spacial score (nSPS) is 9.67. The van der Waals surface area contributed by atoms with Crippen LogP contribution in [-0.2, 0) is 9.53 Å². The van der Waals surface area contributed by atoms with Gasteiger partial charge in [0.15, 0.2) is 0 Å². The molecule has 0 amide bonds. The fourth-order valence-electron chi connectivity index (χ4n) is 0.741. The van der Waals surface area contributed by atoms with E-state index < -0.39 is 0 Å². The molecule has 0 saturated carbocycles. The fourth-order valence-corrected chi connectivity index (χ4v) is 0.741. The summed E-state index contributed by atoms with van der Waals surface area (Å²) in [6, 6.07) is 0. The van der Waals surface area contributed by atoms with Gasteiger partial charge in [-0.1, -0.05) is 31.9 Å². The molecule has 0 aliphatic heterocycles. The van der Waals surface area contributed by atoms with Crippen molar-refractivity contribution in [3.05, 3.63) is 49.2 Å². The molecule has 0 atom stereocenters. The van der Waals surface area contributed by atoms with Crippen molar-refractivity contribution in [2.24, 2.45) is 0 Å². The maximum atomic E-state index is 10.4. The monoisotopic (exact) mass is 207 g/mol. The van der Waals surface area contributed by atoms with E-state index in [0.717, 1.165) is 11.3 Å². The van der Waals surface area contributed by atoms with Gasteiger partial charge in [-0.25, -0.2) is 0 Å². The maximum absolute atomic E-state index is 10.4. The number of hydrogen-bond donors (Lipinski definition) is 1. The van der Waals surface area contributed by atoms with Gasteiger partial charge in [-0.05, 0) is 11.6 Å². The lowest BCUT2D eigenvalue weighted by molar-refractivity contribution is -0.140. The highest BCUT2D eigenvalue weighted by atomic mass is 16.5. The van der Waals surface area contributed by atoms with Crippen LogP contribution in [0.15, 0.2) is 49.2 Å². The van der Waals surface area contributed by atoms with Crippen LogP contribution in [0.2, 0.25) is 0 Å². The Labute approximate surface area is 90.8 Å². The zero-order chi connectivity index (χ0) is 11.7. The molecule has 0 aliphatic carbocycles. The molecule has 0 unspecified atom stereocenters. The summed E-state index contributed by atoms with van der Waals surface area (Å²) < 4.78 is 4.74. The Kier molecular flexibility index (Phi) is 6.72. The molecular weight excluding hydrogens is 190 g/mol. The van der Waals surface area contributed by atoms with Gasteiger partial charge in [0, 0.05) is 19.2 Å². The molecule has 0 spiro atoms. The smallest absolute Gasteiger partial charge is 0.302 e. The van der Waals surface area contributed by atoms with Crippen molar-refractivity contribution in [2.75, 3.05) is 13.2 Å².